The van der Waals surface area contributed by atoms with Gasteiger partial charge in [0.2, 0.25) is 0 Å². The van der Waals surface area contributed by atoms with Gasteiger partial charge in [0, 0.05) is 30.3 Å². The third kappa shape index (κ3) is 2.35. The van der Waals surface area contributed by atoms with Gasteiger partial charge < -0.3 is 10.3 Å². The minimum Gasteiger partial charge on any atom is -0.327 e. The summed E-state index contributed by atoms with van der Waals surface area (Å²) in [6.45, 7) is 3.13. The van der Waals surface area contributed by atoms with E-state index in [1.54, 1.807) is 0 Å². The van der Waals surface area contributed by atoms with Crippen molar-refractivity contribution in [1.82, 2.24) is 9.55 Å². The highest BCUT2D eigenvalue weighted by Gasteiger charge is 2.23. The molecule has 1 aliphatic heterocycles. The zero-order valence-electron chi connectivity index (χ0n) is 11.1. The first kappa shape index (κ1) is 12.9. The third-order valence-electron chi connectivity index (χ3n) is 3.84. The number of aromatic nitrogens is 2. The molecule has 1 aromatic heterocycles. The SMILES string of the molecule is CCc1ccc(-c2nc(Br)n3c2CC(N)CC3)cc1. The van der Waals surface area contributed by atoms with Gasteiger partial charge >= 0.3 is 0 Å². The molecule has 0 aliphatic carbocycles. The van der Waals surface area contributed by atoms with Crippen LogP contribution in [0.3, 0.4) is 0 Å². The molecule has 2 aromatic rings. The molecule has 2 N–H and O–H groups in total. The van der Waals surface area contributed by atoms with E-state index in [9.17, 15) is 0 Å². The van der Waals surface area contributed by atoms with E-state index in [2.05, 4.69) is 56.7 Å². The van der Waals surface area contributed by atoms with Gasteiger partial charge in [-0.1, -0.05) is 31.2 Å². The first-order valence-electron chi connectivity index (χ1n) is 6.79. The molecule has 3 rings (SSSR count). The molecule has 1 aliphatic rings. The van der Waals surface area contributed by atoms with Crippen molar-refractivity contribution in [2.75, 3.05) is 0 Å². The summed E-state index contributed by atoms with van der Waals surface area (Å²) in [6.07, 6.45) is 3.00. The summed E-state index contributed by atoms with van der Waals surface area (Å²) in [5, 5.41) is 0. The van der Waals surface area contributed by atoms with Crippen LogP contribution >= 0.6 is 15.9 Å². The first-order chi connectivity index (χ1) is 9.19. The maximum Gasteiger partial charge on any atom is 0.177 e. The first-order valence-corrected chi connectivity index (χ1v) is 7.58. The molecule has 100 valence electrons. The molecule has 0 fully saturated rings. The van der Waals surface area contributed by atoms with Gasteiger partial charge in [-0.3, -0.25) is 0 Å². The molecule has 0 saturated heterocycles. The minimum absolute atomic E-state index is 0.254. The van der Waals surface area contributed by atoms with Crippen LogP contribution in [0.4, 0.5) is 0 Å². The number of imidazole rings is 1. The lowest BCUT2D eigenvalue weighted by Gasteiger charge is -2.21. The quantitative estimate of drug-likeness (QED) is 0.924. The molecule has 0 saturated carbocycles. The van der Waals surface area contributed by atoms with Gasteiger partial charge in [0.15, 0.2) is 4.73 Å². The fraction of sp³-hybridized carbons (Fsp3) is 0.400. The Morgan fingerprint density at radius 2 is 2.11 bits per heavy atom. The summed E-state index contributed by atoms with van der Waals surface area (Å²) < 4.78 is 3.16. The molecule has 1 aromatic carbocycles. The predicted molar refractivity (Wildman–Crippen MR) is 81.0 cm³/mol. The molecule has 19 heavy (non-hydrogen) atoms. The van der Waals surface area contributed by atoms with Gasteiger partial charge in [-0.05, 0) is 34.3 Å². The number of nitrogens with zero attached hydrogens (tertiary/aromatic N) is 2. The van der Waals surface area contributed by atoms with E-state index >= 15 is 0 Å². The Kier molecular flexibility index (Phi) is 3.46. The van der Waals surface area contributed by atoms with Crippen molar-refractivity contribution >= 4 is 15.9 Å². The maximum atomic E-state index is 6.10. The summed E-state index contributed by atoms with van der Waals surface area (Å²) in [5.41, 5.74) is 11.0. The Hall–Kier alpha value is -1.13. The van der Waals surface area contributed by atoms with Crippen molar-refractivity contribution in [2.45, 2.75) is 38.8 Å². The molecule has 0 bridgehead atoms. The Bertz CT molecular complexity index is 586. The molecule has 3 nitrogen and oxygen atoms in total. The summed E-state index contributed by atoms with van der Waals surface area (Å²) >= 11 is 3.56. The Labute approximate surface area is 122 Å². The average molecular weight is 320 g/mol. The van der Waals surface area contributed by atoms with Crippen molar-refractivity contribution < 1.29 is 0 Å². The van der Waals surface area contributed by atoms with Gasteiger partial charge in [-0.15, -0.1) is 0 Å². The Morgan fingerprint density at radius 3 is 2.79 bits per heavy atom. The van der Waals surface area contributed by atoms with E-state index in [4.69, 9.17) is 5.73 Å². The fourth-order valence-corrected chi connectivity index (χ4v) is 3.23. The number of halogens is 1. The molecule has 1 atom stereocenters. The normalized spacial score (nSPS) is 18.4. The monoisotopic (exact) mass is 319 g/mol. The van der Waals surface area contributed by atoms with Crippen LogP contribution in [0.15, 0.2) is 29.0 Å². The highest BCUT2D eigenvalue weighted by atomic mass is 79.9. The highest BCUT2D eigenvalue weighted by Crippen LogP contribution is 2.30. The van der Waals surface area contributed by atoms with Crippen LogP contribution in [0.25, 0.3) is 11.3 Å². The molecule has 0 spiro atoms. The van der Waals surface area contributed by atoms with E-state index in [0.29, 0.717) is 0 Å². The molecule has 1 unspecified atom stereocenters. The molecule has 0 amide bonds. The number of hydrogen-bond acceptors (Lipinski definition) is 2. The van der Waals surface area contributed by atoms with E-state index in [1.165, 1.54) is 16.8 Å². The van der Waals surface area contributed by atoms with Crippen molar-refractivity contribution in [2.24, 2.45) is 5.73 Å². The molecule has 4 heteroatoms. The van der Waals surface area contributed by atoms with E-state index < -0.39 is 0 Å². The lowest BCUT2D eigenvalue weighted by atomic mass is 10.00. The van der Waals surface area contributed by atoms with Gasteiger partial charge in [0.25, 0.3) is 0 Å². The fourth-order valence-electron chi connectivity index (χ4n) is 2.67. The Balaban J connectivity index is 2.04. The van der Waals surface area contributed by atoms with Crippen LogP contribution in [0.2, 0.25) is 0 Å². The largest absolute Gasteiger partial charge is 0.327 e. The van der Waals surface area contributed by atoms with E-state index in [1.807, 2.05) is 0 Å². The smallest absolute Gasteiger partial charge is 0.177 e. The van der Waals surface area contributed by atoms with Gasteiger partial charge in [-0.2, -0.15) is 0 Å². The van der Waals surface area contributed by atoms with Crippen molar-refractivity contribution in [3.8, 4) is 11.3 Å². The van der Waals surface area contributed by atoms with E-state index in [0.717, 1.165) is 36.2 Å². The number of rotatable bonds is 2. The van der Waals surface area contributed by atoms with Gasteiger partial charge in [0.1, 0.15) is 0 Å². The number of benzene rings is 1. The van der Waals surface area contributed by atoms with Crippen LogP contribution < -0.4 is 5.73 Å². The van der Waals surface area contributed by atoms with Crippen molar-refractivity contribution in [3.63, 3.8) is 0 Å². The number of aryl methyl sites for hydroxylation is 1. The second-order valence-corrected chi connectivity index (χ2v) is 5.84. The topological polar surface area (TPSA) is 43.8 Å². The van der Waals surface area contributed by atoms with Gasteiger partial charge in [-0.25, -0.2) is 4.98 Å². The lowest BCUT2D eigenvalue weighted by molar-refractivity contribution is 0.467. The zero-order valence-corrected chi connectivity index (χ0v) is 12.7. The molecular weight excluding hydrogens is 302 g/mol. The van der Waals surface area contributed by atoms with Crippen molar-refractivity contribution in [3.05, 3.63) is 40.3 Å². The Morgan fingerprint density at radius 1 is 1.37 bits per heavy atom. The summed E-state index contributed by atoms with van der Waals surface area (Å²) in [6, 6.07) is 8.93. The molecule has 2 heterocycles. The lowest BCUT2D eigenvalue weighted by Crippen LogP contribution is -2.30. The predicted octanol–water partition coefficient (Wildman–Crippen LogP) is 3.15. The summed E-state index contributed by atoms with van der Waals surface area (Å²) in [5.74, 6) is 0. The van der Waals surface area contributed by atoms with Crippen molar-refractivity contribution in [1.29, 1.82) is 0 Å². The van der Waals surface area contributed by atoms with Crippen LogP contribution in [-0.2, 0) is 19.4 Å². The molecular formula is C15H18BrN3. The number of nitrogens with two attached hydrogens (primary N) is 1. The number of fused-ring (bicyclic) bond motifs is 1. The standard InChI is InChI=1S/C15H18BrN3/c1-2-10-3-5-11(6-4-10)14-13-9-12(17)7-8-19(13)15(16)18-14/h3-6,12H,2,7-9,17H2,1H3. The van der Waals surface area contributed by atoms with Gasteiger partial charge in [0.05, 0.1) is 5.69 Å². The second-order valence-electron chi connectivity index (χ2n) is 5.13. The second kappa shape index (κ2) is 5.10. The van der Waals surface area contributed by atoms with Crippen LogP contribution in [-0.4, -0.2) is 15.6 Å². The third-order valence-corrected chi connectivity index (χ3v) is 4.45. The minimum atomic E-state index is 0.254. The maximum absolute atomic E-state index is 6.10. The zero-order chi connectivity index (χ0) is 13.4. The molecule has 0 radical (unpaired) electrons. The van der Waals surface area contributed by atoms with Crippen LogP contribution in [0.1, 0.15) is 24.6 Å². The number of hydrogen-bond donors (Lipinski definition) is 1. The summed E-state index contributed by atoms with van der Waals surface area (Å²) in [7, 11) is 0. The van der Waals surface area contributed by atoms with Crippen LogP contribution in [0, 0.1) is 0 Å². The summed E-state index contributed by atoms with van der Waals surface area (Å²) in [4.78, 5) is 4.68. The average Bonchev–Trinajstić information content (AvgIpc) is 2.75. The van der Waals surface area contributed by atoms with E-state index in [-0.39, 0.29) is 6.04 Å². The highest BCUT2D eigenvalue weighted by molar-refractivity contribution is 9.10. The van der Waals surface area contributed by atoms with Crippen LogP contribution in [0.5, 0.6) is 0 Å².